The number of hydrogen-bond donors (Lipinski definition) is 2. The summed E-state index contributed by atoms with van der Waals surface area (Å²) in [6, 6.07) is 7.41. The summed E-state index contributed by atoms with van der Waals surface area (Å²) in [5.74, 6) is 0.794. The first-order valence-electron chi connectivity index (χ1n) is 4.18. The van der Waals surface area contributed by atoms with Crippen molar-refractivity contribution < 1.29 is 14.9 Å². The zero-order valence-electron chi connectivity index (χ0n) is 7.60. The van der Waals surface area contributed by atoms with Crippen LogP contribution in [-0.2, 0) is 6.42 Å². The molecule has 0 saturated heterocycles. The quantitative estimate of drug-likeness (QED) is 0.716. The molecule has 0 radical (unpaired) electrons. The normalized spacial score (nSPS) is 12.5. The van der Waals surface area contributed by atoms with Gasteiger partial charge in [0.15, 0.2) is 0 Å². The van der Waals surface area contributed by atoms with Crippen LogP contribution in [-0.4, -0.2) is 30.0 Å². The first-order valence-corrected chi connectivity index (χ1v) is 4.18. The molecule has 72 valence electrons. The van der Waals surface area contributed by atoms with Crippen LogP contribution in [0.5, 0.6) is 5.75 Å². The van der Waals surface area contributed by atoms with Crippen molar-refractivity contribution in [1.82, 2.24) is 0 Å². The Morgan fingerprint density at radius 2 is 1.92 bits per heavy atom. The molecule has 0 heterocycles. The second-order valence-corrected chi connectivity index (χ2v) is 2.89. The maximum absolute atomic E-state index is 9.16. The summed E-state index contributed by atoms with van der Waals surface area (Å²) in [4.78, 5) is 0. The molecule has 1 atom stereocenters. The first-order chi connectivity index (χ1) is 6.26. The van der Waals surface area contributed by atoms with Gasteiger partial charge in [-0.15, -0.1) is 0 Å². The number of benzene rings is 1. The van der Waals surface area contributed by atoms with Gasteiger partial charge in [0.1, 0.15) is 5.75 Å². The van der Waals surface area contributed by atoms with Gasteiger partial charge in [0.05, 0.1) is 19.8 Å². The standard InChI is InChI=1S/C10H14O3/c1-13-10-4-2-8(3-5-10)6-9(12)7-11/h2-5,9,11-12H,6-7H2,1H3/t9-/m0/s1. The maximum atomic E-state index is 9.16. The van der Waals surface area contributed by atoms with E-state index in [2.05, 4.69) is 0 Å². The van der Waals surface area contributed by atoms with E-state index >= 15 is 0 Å². The van der Waals surface area contributed by atoms with E-state index in [9.17, 15) is 0 Å². The SMILES string of the molecule is COc1ccc(C[C@H](O)CO)cc1. The Morgan fingerprint density at radius 3 is 2.38 bits per heavy atom. The molecule has 1 rings (SSSR count). The molecule has 1 aromatic carbocycles. The number of aliphatic hydroxyl groups excluding tert-OH is 2. The fraction of sp³-hybridized carbons (Fsp3) is 0.400. The summed E-state index contributed by atoms with van der Waals surface area (Å²) in [5.41, 5.74) is 0.988. The number of methoxy groups -OCH3 is 1. The predicted molar refractivity (Wildman–Crippen MR) is 49.8 cm³/mol. The van der Waals surface area contributed by atoms with Gasteiger partial charge in [-0.05, 0) is 17.7 Å². The van der Waals surface area contributed by atoms with Gasteiger partial charge in [0.25, 0.3) is 0 Å². The molecule has 3 nitrogen and oxygen atoms in total. The summed E-state index contributed by atoms with van der Waals surface area (Å²) in [6.07, 6.45) is -0.200. The summed E-state index contributed by atoms with van der Waals surface area (Å²) in [7, 11) is 1.61. The zero-order valence-corrected chi connectivity index (χ0v) is 7.60. The predicted octanol–water partition coefficient (Wildman–Crippen LogP) is 0.591. The van der Waals surface area contributed by atoms with Gasteiger partial charge in [-0.2, -0.15) is 0 Å². The molecule has 3 heteroatoms. The highest BCUT2D eigenvalue weighted by molar-refractivity contribution is 5.27. The topological polar surface area (TPSA) is 49.7 Å². The zero-order chi connectivity index (χ0) is 9.68. The third-order valence-electron chi connectivity index (χ3n) is 1.84. The van der Waals surface area contributed by atoms with E-state index in [0.29, 0.717) is 6.42 Å². The van der Waals surface area contributed by atoms with Gasteiger partial charge in [-0.1, -0.05) is 12.1 Å². The highest BCUT2D eigenvalue weighted by atomic mass is 16.5. The molecule has 0 aliphatic rings. The van der Waals surface area contributed by atoms with Crippen molar-refractivity contribution in [1.29, 1.82) is 0 Å². The average Bonchev–Trinajstić information content (AvgIpc) is 2.19. The van der Waals surface area contributed by atoms with Crippen LogP contribution < -0.4 is 4.74 Å². The molecule has 0 aliphatic carbocycles. The lowest BCUT2D eigenvalue weighted by Gasteiger charge is -2.07. The van der Waals surface area contributed by atoms with Crippen molar-refractivity contribution in [3.8, 4) is 5.75 Å². The molecule has 0 unspecified atom stereocenters. The Balaban J connectivity index is 2.58. The van der Waals surface area contributed by atoms with Crippen LogP contribution in [0.4, 0.5) is 0 Å². The fourth-order valence-electron chi connectivity index (χ4n) is 1.10. The highest BCUT2D eigenvalue weighted by Gasteiger charge is 2.03. The van der Waals surface area contributed by atoms with E-state index in [1.807, 2.05) is 24.3 Å². The molecule has 0 aromatic heterocycles. The molecule has 0 saturated carbocycles. The number of aliphatic hydroxyl groups is 2. The Labute approximate surface area is 77.6 Å². The summed E-state index contributed by atoms with van der Waals surface area (Å²) in [6.45, 7) is -0.202. The van der Waals surface area contributed by atoms with Crippen LogP contribution in [0.2, 0.25) is 0 Å². The fourth-order valence-corrected chi connectivity index (χ4v) is 1.10. The molecule has 13 heavy (non-hydrogen) atoms. The molecule has 0 amide bonds. The Bertz CT molecular complexity index is 243. The van der Waals surface area contributed by atoms with Crippen LogP contribution in [0.15, 0.2) is 24.3 Å². The minimum atomic E-state index is -0.673. The molecule has 1 aromatic rings. The Morgan fingerprint density at radius 1 is 1.31 bits per heavy atom. The van der Waals surface area contributed by atoms with Gasteiger partial charge in [-0.25, -0.2) is 0 Å². The second-order valence-electron chi connectivity index (χ2n) is 2.89. The van der Waals surface area contributed by atoms with E-state index in [0.717, 1.165) is 11.3 Å². The molecule has 0 bridgehead atoms. The van der Waals surface area contributed by atoms with Crippen molar-refractivity contribution in [3.63, 3.8) is 0 Å². The molecular weight excluding hydrogens is 168 g/mol. The van der Waals surface area contributed by atoms with Crippen LogP contribution in [0.1, 0.15) is 5.56 Å². The van der Waals surface area contributed by atoms with E-state index < -0.39 is 6.10 Å². The van der Waals surface area contributed by atoms with Gasteiger partial charge in [0.2, 0.25) is 0 Å². The third kappa shape index (κ3) is 3.05. The smallest absolute Gasteiger partial charge is 0.118 e. The monoisotopic (exact) mass is 182 g/mol. The van der Waals surface area contributed by atoms with E-state index in [4.69, 9.17) is 14.9 Å². The summed E-state index contributed by atoms with van der Waals surface area (Å²) < 4.78 is 4.99. The lowest BCUT2D eigenvalue weighted by atomic mass is 10.1. The van der Waals surface area contributed by atoms with Gasteiger partial charge in [-0.3, -0.25) is 0 Å². The number of hydrogen-bond acceptors (Lipinski definition) is 3. The van der Waals surface area contributed by atoms with Crippen molar-refractivity contribution in [2.45, 2.75) is 12.5 Å². The third-order valence-corrected chi connectivity index (χ3v) is 1.84. The number of ether oxygens (including phenoxy) is 1. The minimum Gasteiger partial charge on any atom is -0.497 e. The van der Waals surface area contributed by atoms with Crippen molar-refractivity contribution in [2.75, 3.05) is 13.7 Å². The maximum Gasteiger partial charge on any atom is 0.118 e. The molecule has 2 N–H and O–H groups in total. The first kappa shape index (κ1) is 10.0. The van der Waals surface area contributed by atoms with E-state index in [1.54, 1.807) is 7.11 Å². The van der Waals surface area contributed by atoms with Crippen LogP contribution >= 0.6 is 0 Å². The van der Waals surface area contributed by atoms with Gasteiger partial charge < -0.3 is 14.9 Å². The van der Waals surface area contributed by atoms with Crippen LogP contribution in [0, 0.1) is 0 Å². The van der Waals surface area contributed by atoms with Crippen molar-refractivity contribution >= 4 is 0 Å². The summed E-state index contributed by atoms with van der Waals surface area (Å²) >= 11 is 0. The molecule has 0 spiro atoms. The summed E-state index contributed by atoms with van der Waals surface area (Å²) in [5, 5.41) is 17.8. The van der Waals surface area contributed by atoms with Crippen molar-refractivity contribution in [3.05, 3.63) is 29.8 Å². The Hall–Kier alpha value is -1.06. The van der Waals surface area contributed by atoms with Crippen LogP contribution in [0.3, 0.4) is 0 Å². The van der Waals surface area contributed by atoms with E-state index in [1.165, 1.54) is 0 Å². The lowest BCUT2D eigenvalue weighted by molar-refractivity contribution is 0.0955. The minimum absolute atomic E-state index is 0.202. The van der Waals surface area contributed by atoms with Crippen LogP contribution in [0.25, 0.3) is 0 Å². The largest absolute Gasteiger partial charge is 0.497 e. The van der Waals surface area contributed by atoms with Gasteiger partial charge in [0, 0.05) is 6.42 Å². The van der Waals surface area contributed by atoms with Crippen molar-refractivity contribution in [2.24, 2.45) is 0 Å². The highest BCUT2D eigenvalue weighted by Crippen LogP contribution is 2.12. The average molecular weight is 182 g/mol. The van der Waals surface area contributed by atoms with Gasteiger partial charge >= 0.3 is 0 Å². The second kappa shape index (κ2) is 4.84. The Kier molecular flexibility index (Phi) is 3.73. The number of rotatable bonds is 4. The lowest BCUT2D eigenvalue weighted by Crippen LogP contribution is -2.14. The molecule has 0 aliphatic heterocycles. The molecular formula is C10H14O3. The molecule has 0 fully saturated rings. The van der Waals surface area contributed by atoms with E-state index in [-0.39, 0.29) is 6.61 Å².